The Labute approximate surface area is 223 Å². The first-order valence-corrected chi connectivity index (χ1v) is 15.4. The Kier molecular flexibility index (Phi) is 7.68. The molecule has 9 heteroatoms. The maximum atomic E-state index is 13.8. The van der Waals surface area contributed by atoms with E-state index in [2.05, 4.69) is 19.1 Å². The van der Waals surface area contributed by atoms with Crippen LogP contribution in [0, 0.1) is 13.8 Å². The molecule has 0 radical (unpaired) electrons. The molecular formula is C28H35N3O4S2. The summed E-state index contributed by atoms with van der Waals surface area (Å²) >= 11 is 1.52. The summed E-state index contributed by atoms with van der Waals surface area (Å²) in [6.45, 7) is 5.20. The quantitative estimate of drug-likeness (QED) is 0.384. The van der Waals surface area contributed by atoms with Gasteiger partial charge in [-0.1, -0.05) is 42.7 Å². The second kappa shape index (κ2) is 10.8. The number of aromatic nitrogens is 1. The van der Waals surface area contributed by atoms with E-state index >= 15 is 0 Å². The van der Waals surface area contributed by atoms with E-state index in [-0.39, 0.29) is 22.9 Å². The Morgan fingerprint density at radius 2 is 1.70 bits per heavy atom. The molecular weight excluding hydrogens is 506 g/mol. The van der Waals surface area contributed by atoms with E-state index in [9.17, 15) is 13.2 Å². The molecule has 1 saturated carbocycles. The van der Waals surface area contributed by atoms with Crippen molar-refractivity contribution >= 4 is 42.6 Å². The lowest BCUT2D eigenvalue weighted by Crippen LogP contribution is -2.38. The van der Waals surface area contributed by atoms with Crippen LogP contribution in [0.2, 0.25) is 0 Å². The van der Waals surface area contributed by atoms with Crippen LogP contribution in [-0.4, -0.2) is 56.0 Å². The third kappa shape index (κ3) is 5.32. The van der Waals surface area contributed by atoms with Crippen molar-refractivity contribution in [2.75, 3.05) is 25.1 Å². The number of sulfonamides is 1. The van der Waals surface area contributed by atoms with Crippen molar-refractivity contribution in [1.29, 1.82) is 0 Å². The highest BCUT2D eigenvalue weighted by atomic mass is 32.2. The lowest BCUT2D eigenvalue weighted by Gasteiger charge is -2.30. The summed E-state index contributed by atoms with van der Waals surface area (Å²) in [6.07, 6.45) is 6.91. The number of nitrogens with zero attached hydrogens (tertiary/aromatic N) is 3. The average molecular weight is 542 g/mol. The number of rotatable bonds is 7. The fraction of sp³-hybridized carbons (Fsp3) is 0.500. The molecule has 1 amide bonds. The molecule has 2 aliphatic rings. The van der Waals surface area contributed by atoms with Crippen molar-refractivity contribution in [2.24, 2.45) is 0 Å². The number of amides is 1. The van der Waals surface area contributed by atoms with Gasteiger partial charge >= 0.3 is 0 Å². The molecule has 2 aromatic carbocycles. The number of anilines is 1. The van der Waals surface area contributed by atoms with E-state index in [0.717, 1.165) is 66.3 Å². The van der Waals surface area contributed by atoms with Crippen LogP contribution < -0.4 is 4.90 Å². The molecule has 0 N–H and O–H groups in total. The molecule has 1 aliphatic heterocycles. The van der Waals surface area contributed by atoms with Gasteiger partial charge in [-0.3, -0.25) is 9.69 Å². The van der Waals surface area contributed by atoms with Gasteiger partial charge in [0.05, 0.1) is 27.8 Å². The summed E-state index contributed by atoms with van der Waals surface area (Å²) < 4.78 is 35.0. The topological polar surface area (TPSA) is 79.8 Å². The normalized spacial score (nSPS) is 19.1. The first-order valence-electron chi connectivity index (χ1n) is 13.1. The molecule has 37 heavy (non-hydrogen) atoms. The van der Waals surface area contributed by atoms with Gasteiger partial charge in [-0.25, -0.2) is 13.4 Å². The molecule has 3 aromatic rings. The maximum Gasteiger partial charge on any atom is 0.260 e. The summed E-state index contributed by atoms with van der Waals surface area (Å²) in [5, 5.41) is 0.640. The lowest BCUT2D eigenvalue weighted by molar-refractivity contribution is 0.0917. The summed E-state index contributed by atoms with van der Waals surface area (Å²) in [4.78, 5) is 20.6. The molecule has 1 atom stereocenters. The first kappa shape index (κ1) is 26.3. The van der Waals surface area contributed by atoms with Crippen LogP contribution in [0.3, 0.4) is 0 Å². The standard InChI is InChI=1S/C28H35N3O4S2/c1-19-11-12-20(2)26-25(19)29-28(36-26)31(18-23-10-7-17-35-23)27(32)21-13-15-24(16-14-21)37(33,34)30(3)22-8-5-4-6-9-22/h11-16,22-23H,4-10,17-18H2,1-3H3. The number of carbonyl (C=O) groups excluding carboxylic acids is 1. The molecule has 1 aromatic heterocycles. The van der Waals surface area contributed by atoms with Crippen LogP contribution in [0.25, 0.3) is 10.2 Å². The highest BCUT2D eigenvalue weighted by Crippen LogP contribution is 2.35. The minimum absolute atomic E-state index is 0.0351. The Morgan fingerprint density at radius 3 is 2.35 bits per heavy atom. The van der Waals surface area contributed by atoms with Crippen LogP contribution in [0.5, 0.6) is 0 Å². The Balaban J connectivity index is 1.43. The van der Waals surface area contributed by atoms with Crippen molar-refractivity contribution in [3.63, 3.8) is 0 Å². The fourth-order valence-corrected chi connectivity index (χ4v) is 7.87. The molecule has 198 valence electrons. The number of thiazole rings is 1. The predicted octanol–water partition coefficient (Wildman–Crippen LogP) is 5.69. The van der Waals surface area contributed by atoms with Gasteiger partial charge in [-0.2, -0.15) is 4.31 Å². The molecule has 2 heterocycles. The van der Waals surface area contributed by atoms with Crippen LogP contribution in [0.4, 0.5) is 5.13 Å². The van der Waals surface area contributed by atoms with Gasteiger partial charge in [0.2, 0.25) is 10.0 Å². The molecule has 1 unspecified atom stereocenters. The van der Waals surface area contributed by atoms with Crippen LogP contribution in [-0.2, 0) is 14.8 Å². The van der Waals surface area contributed by atoms with Crippen molar-refractivity contribution in [2.45, 2.75) is 75.8 Å². The molecule has 1 aliphatic carbocycles. The van der Waals surface area contributed by atoms with Gasteiger partial charge in [-0.15, -0.1) is 0 Å². The van der Waals surface area contributed by atoms with Gasteiger partial charge in [0.15, 0.2) is 5.13 Å². The average Bonchev–Trinajstić information content (AvgIpc) is 3.60. The van der Waals surface area contributed by atoms with Crippen molar-refractivity contribution in [1.82, 2.24) is 9.29 Å². The van der Waals surface area contributed by atoms with Gasteiger partial charge in [-0.05, 0) is 74.9 Å². The van der Waals surface area contributed by atoms with E-state index in [1.54, 1.807) is 36.2 Å². The van der Waals surface area contributed by atoms with E-state index in [0.29, 0.717) is 23.8 Å². The Bertz CT molecular complexity index is 1330. The number of hydrogen-bond acceptors (Lipinski definition) is 6. The third-order valence-electron chi connectivity index (χ3n) is 7.68. The van der Waals surface area contributed by atoms with Gasteiger partial charge in [0, 0.05) is 25.3 Å². The molecule has 1 saturated heterocycles. The number of fused-ring (bicyclic) bond motifs is 1. The number of aryl methyl sites for hydroxylation is 2. The van der Waals surface area contributed by atoms with Gasteiger partial charge < -0.3 is 4.74 Å². The van der Waals surface area contributed by atoms with Crippen LogP contribution >= 0.6 is 11.3 Å². The zero-order valence-electron chi connectivity index (χ0n) is 21.8. The highest BCUT2D eigenvalue weighted by molar-refractivity contribution is 7.89. The van der Waals surface area contributed by atoms with Crippen LogP contribution in [0.15, 0.2) is 41.3 Å². The highest BCUT2D eigenvalue weighted by Gasteiger charge is 2.31. The van der Waals surface area contributed by atoms with Crippen LogP contribution in [0.1, 0.15) is 66.4 Å². The molecule has 7 nitrogen and oxygen atoms in total. The minimum atomic E-state index is -3.62. The zero-order chi connectivity index (χ0) is 26.2. The molecule has 0 spiro atoms. The molecule has 5 rings (SSSR count). The first-order chi connectivity index (χ1) is 17.8. The second-order valence-electron chi connectivity index (χ2n) is 10.3. The number of benzene rings is 2. The van der Waals surface area contributed by atoms with E-state index in [1.807, 2.05) is 6.92 Å². The summed E-state index contributed by atoms with van der Waals surface area (Å²) in [5.74, 6) is -0.200. The van der Waals surface area contributed by atoms with E-state index in [1.165, 1.54) is 15.6 Å². The number of ether oxygens (including phenoxy) is 1. The smallest absolute Gasteiger partial charge is 0.260 e. The molecule has 2 fully saturated rings. The number of hydrogen-bond donors (Lipinski definition) is 0. The Hall–Kier alpha value is -2.33. The largest absolute Gasteiger partial charge is 0.376 e. The van der Waals surface area contributed by atoms with E-state index in [4.69, 9.17) is 9.72 Å². The third-order valence-corrected chi connectivity index (χ3v) is 10.8. The predicted molar refractivity (Wildman–Crippen MR) is 148 cm³/mol. The minimum Gasteiger partial charge on any atom is -0.376 e. The van der Waals surface area contributed by atoms with Crippen molar-refractivity contribution < 1.29 is 17.9 Å². The second-order valence-corrected chi connectivity index (χ2v) is 13.2. The number of carbonyl (C=O) groups is 1. The summed E-state index contributed by atoms with van der Waals surface area (Å²) in [7, 11) is -1.95. The molecule has 0 bridgehead atoms. The lowest BCUT2D eigenvalue weighted by atomic mass is 9.96. The van der Waals surface area contributed by atoms with Gasteiger partial charge in [0.1, 0.15) is 0 Å². The summed E-state index contributed by atoms with van der Waals surface area (Å²) in [5.41, 5.74) is 3.55. The maximum absolute atomic E-state index is 13.8. The van der Waals surface area contributed by atoms with Crippen molar-refractivity contribution in [3.8, 4) is 0 Å². The Morgan fingerprint density at radius 1 is 1.00 bits per heavy atom. The van der Waals surface area contributed by atoms with E-state index < -0.39 is 10.0 Å². The van der Waals surface area contributed by atoms with Gasteiger partial charge in [0.25, 0.3) is 5.91 Å². The zero-order valence-corrected chi connectivity index (χ0v) is 23.4. The SMILES string of the molecule is Cc1ccc(C)c2sc(N(CC3CCCO3)C(=O)c3ccc(S(=O)(=O)N(C)C4CCCCC4)cc3)nc12. The monoisotopic (exact) mass is 541 g/mol. The fourth-order valence-electron chi connectivity index (χ4n) is 5.34. The summed E-state index contributed by atoms with van der Waals surface area (Å²) in [6, 6.07) is 10.5. The van der Waals surface area contributed by atoms with Crippen molar-refractivity contribution in [3.05, 3.63) is 53.1 Å².